The van der Waals surface area contributed by atoms with Crippen LogP contribution < -0.4 is 16.6 Å². The standard InChI is InChI=1S/C11H16ClFN4/c1-7(2)6-15-11(17-14)16-10-8(12)4-3-5-9(10)13/h3-5,7H,6,14H2,1-2H3,(H2,15,16,17). The third kappa shape index (κ3) is 4.20. The molecule has 6 heteroatoms. The molecule has 1 aromatic carbocycles. The maximum absolute atomic E-state index is 13.5. The van der Waals surface area contributed by atoms with E-state index in [4.69, 9.17) is 17.4 Å². The Morgan fingerprint density at radius 2 is 2.24 bits per heavy atom. The highest BCUT2D eigenvalue weighted by Gasteiger charge is 2.08. The van der Waals surface area contributed by atoms with Crippen LogP contribution in [0.4, 0.5) is 10.1 Å². The lowest BCUT2D eigenvalue weighted by molar-refractivity contribution is 0.631. The highest BCUT2D eigenvalue weighted by atomic mass is 35.5. The minimum atomic E-state index is -0.454. The minimum Gasteiger partial charge on any atom is -0.322 e. The number of hydrogen-bond acceptors (Lipinski definition) is 2. The zero-order chi connectivity index (χ0) is 12.8. The van der Waals surface area contributed by atoms with E-state index in [1.165, 1.54) is 12.1 Å². The van der Waals surface area contributed by atoms with E-state index in [0.717, 1.165) is 0 Å². The van der Waals surface area contributed by atoms with Gasteiger partial charge in [0.25, 0.3) is 0 Å². The Bertz CT molecular complexity index is 386. The van der Waals surface area contributed by atoms with Crippen molar-refractivity contribution in [2.75, 3.05) is 11.9 Å². The topological polar surface area (TPSA) is 62.4 Å². The third-order valence-corrected chi connectivity index (χ3v) is 2.27. The molecule has 0 aliphatic heterocycles. The average Bonchev–Trinajstić information content (AvgIpc) is 2.27. The number of nitrogens with zero attached hydrogens (tertiary/aromatic N) is 1. The van der Waals surface area contributed by atoms with Crippen LogP contribution in [0.5, 0.6) is 0 Å². The number of nitrogens with one attached hydrogen (secondary N) is 2. The number of anilines is 1. The van der Waals surface area contributed by atoms with Crippen molar-refractivity contribution < 1.29 is 4.39 Å². The van der Waals surface area contributed by atoms with E-state index in [9.17, 15) is 4.39 Å². The van der Waals surface area contributed by atoms with Gasteiger partial charge in [0.2, 0.25) is 5.96 Å². The van der Waals surface area contributed by atoms with Crippen LogP contribution in [-0.4, -0.2) is 12.5 Å². The molecule has 0 unspecified atom stereocenters. The summed E-state index contributed by atoms with van der Waals surface area (Å²) >= 11 is 5.87. The number of para-hydroxylation sites is 1. The van der Waals surface area contributed by atoms with Gasteiger partial charge in [0.05, 0.1) is 10.7 Å². The Kier molecular flexibility index (Phi) is 5.18. The van der Waals surface area contributed by atoms with Crippen LogP contribution in [0.15, 0.2) is 23.2 Å². The van der Waals surface area contributed by atoms with E-state index in [-0.39, 0.29) is 16.7 Å². The molecule has 94 valence electrons. The predicted octanol–water partition coefficient (Wildman–Crippen LogP) is 2.37. The monoisotopic (exact) mass is 258 g/mol. The van der Waals surface area contributed by atoms with Gasteiger partial charge in [-0.1, -0.05) is 31.5 Å². The second-order valence-corrected chi connectivity index (χ2v) is 4.36. The second kappa shape index (κ2) is 6.42. The van der Waals surface area contributed by atoms with Gasteiger partial charge in [-0.25, -0.2) is 10.2 Å². The number of hydrogen-bond donors (Lipinski definition) is 3. The van der Waals surface area contributed by atoms with E-state index < -0.39 is 5.82 Å². The van der Waals surface area contributed by atoms with E-state index in [1.807, 2.05) is 13.8 Å². The van der Waals surface area contributed by atoms with Crippen LogP contribution in [0.1, 0.15) is 13.8 Å². The molecule has 4 nitrogen and oxygen atoms in total. The highest BCUT2D eigenvalue weighted by Crippen LogP contribution is 2.24. The van der Waals surface area contributed by atoms with Gasteiger partial charge in [0, 0.05) is 6.54 Å². The van der Waals surface area contributed by atoms with Gasteiger partial charge < -0.3 is 5.32 Å². The Morgan fingerprint density at radius 1 is 1.53 bits per heavy atom. The SMILES string of the molecule is CC(C)CN=C(NN)Nc1c(F)cccc1Cl. The molecule has 0 atom stereocenters. The van der Waals surface area contributed by atoms with Crippen LogP contribution in [-0.2, 0) is 0 Å². The second-order valence-electron chi connectivity index (χ2n) is 3.95. The first-order chi connectivity index (χ1) is 8.04. The van der Waals surface area contributed by atoms with Crippen molar-refractivity contribution in [3.63, 3.8) is 0 Å². The maximum Gasteiger partial charge on any atom is 0.210 e. The highest BCUT2D eigenvalue weighted by molar-refractivity contribution is 6.33. The largest absolute Gasteiger partial charge is 0.322 e. The molecule has 0 aliphatic carbocycles. The van der Waals surface area contributed by atoms with Crippen LogP contribution in [0.25, 0.3) is 0 Å². The molecule has 1 aromatic rings. The van der Waals surface area contributed by atoms with Gasteiger partial charge in [0.1, 0.15) is 5.82 Å². The first kappa shape index (κ1) is 13.7. The molecule has 4 N–H and O–H groups in total. The summed E-state index contributed by atoms with van der Waals surface area (Å²) in [4.78, 5) is 4.16. The summed E-state index contributed by atoms with van der Waals surface area (Å²) in [6.07, 6.45) is 0. The fourth-order valence-electron chi connectivity index (χ4n) is 1.13. The Labute approximate surface area is 105 Å². The van der Waals surface area contributed by atoms with Crippen molar-refractivity contribution in [3.8, 4) is 0 Å². The average molecular weight is 259 g/mol. The Hall–Kier alpha value is -1.33. The van der Waals surface area contributed by atoms with Crippen molar-refractivity contribution in [1.29, 1.82) is 0 Å². The van der Waals surface area contributed by atoms with Crippen LogP contribution in [0.3, 0.4) is 0 Å². The summed E-state index contributed by atoms with van der Waals surface area (Å²) in [6.45, 7) is 4.63. The lowest BCUT2D eigenvalue weighted by Gasteiger charge is -2.12. The molecule has 1 rings (SSSR count). The number of nitrogens with two attached hydrogens (primary N) is 1. The molecule has 0 saturated heterocycles. The number of rotatable bonds is 3. The van der Waals surface area contributed by atoms with E-state index in [2.05, 4.69) is 15.7 Å². The molecular formula is C11H16ClFN4. The number of aliphatic imine (C=N–C) groups is 1. The van der Waals surface area contributed by atoms with Crippen molar-refractivity contribution in [2.24, 2.45) is 16.8 Å². The molecule has 0 spiro atoms. The smallest absolute Gasteiger partial charge is 0.210 e. The van der Waals surface area contributed by atoms with E-state index >= 15 is 0 Å². The molecule has 0 saturated carbocycles. The maximum atomic E-state index is 13.5. The quantitative estimate of drug-likeness (QED) is 0.338. The molecule has 17 heavy (non-hydrogen) atoms. The molecule has 0 bridgehead atoms. The van der Waals surface area contributed by atoms with Crippen molar-refractivity contribution in [1.82, 2.24) is 5.43 Å². The third-order valence-electron chi connectivity index (χ3n) is 1.96. The lowest BCUT2D eigenvalue weighted by Crippen LogP contribution is -2.37. The number of halogens is 2. The molecule has 0 aliphatic rings. The van der Waals surface area contributed by atoms with Gasteiger partial charge >= 0.3 is 0 Å². The lowest BCUT2D eigenvalue weighted by atomic mass is 10.2. The summed E-state index contributed by atoms with van der Waals surface area (Å²) in [7, 11) is 0. The zero-order valence-corrected chi connectivity index (χ0v) is 10.6. The number of benzene rings is 1. The van der Waals surface area contributed by atoms with Crippen LogP contribution >= 0.6 is 11.6 Å². The van der Waals surface area contributed by atoms with Crippen LogP contribution in [0, 0.1) is 11.7 Å². The van der Waals surface area contributed by atoms with Crippen LogP contribution in [0.2, 0.25) is 5.02 Å². The summed E-state index contributed by atoms with van der Waals surface area (Å²) in [5.74, 6) is 5.51. The van der Waals surface area contributed by atoms with Gasteiger partial charge in [-0.05, 0) is 18.1 Å². The van der Waals surface area contributed by atoms with Gasteiger partial charge in [-0.15, -0.1) is 0 Å². The summed E-state index contributed by atoms with van der Waals surface area (Å²) < 4.78 is 13.5. The first-order valence-corrected chi connectivity index (χ1v) is 5.64. The predicted molar refractivity (Wildman–Crippen MR) is 69.5 cm³/mol. The molecule has 0 heterocycles. The van der Waals surface area contributed by atoms with Crippen molar-refractivity contribution in [2.45, 2.75) is 13.8 Å². The Morgan fingerprint density at radius 3 is 2.76 bits per heavy atom. The zero-order valence-electron chi connectivity index (χ0n) is 9.80. The minimum absolute atomic E-state index is 0.162. The van der Waals surface area contributed by atoms with Crippen molar-refractivity contribution >= 4 is 23.2 Å². The fraction of sp³-hybridized carbons (Fsp3) is 0.364. The molecule has 0 amide bonds. The summed E-state index contributed by atoms with van der Waals surface area (Å²) in [5.41, 5.74) is 2.54. The molecule has 0 radical (unpaired) electrons. The Balaban J connectivity index is 2.84. The van der Waals surface area contributed by atoms with E-state index in [1.54, 1.807) is 6.07 Å². The molecule has 0 aromatic heterocycles. The fourth-order valence-corrected chi connectivity index (χ4v) is 1.34. The van der Waals surface area contributed by atoms with Crippen molar-refractivity contribution in [3.05, 3.63) is 29.0 Å². The van der Waals surface area contributed by atoms with E-state index in [0.29, 0.717) is 12.5 Å². The molecular weight excluding hydrogens is 243 g/mol. The number of hydrazine groups is 1. The summed E-state index contributed by atoms with van der Waals surface area (Å²) in [6, 6.07) is 4.43. The number of guanidine groups is 1. The normalized spacial score (nSPS) is 11.8. The first-order valence-electron chi connectivity index (χ1n) is 5.26. The van der Waals surface area contributed by atoms with Gasteiger partial charge in [0.15, 0.2) is 0 Å². The van der Waals surface area contributed by atoms with Gasteiger partial charge in [-0.2, -0.15) is 0 Å². The molecule has 0 fully saturated rings. The summed E-state index contributed by atoms with van der Waals surface area (Å²) in [5, 5.41) is 3.00. The van der Waals surface area contributed by atoms with Gasteiger partial charge in [-0.3, -0.25) is 10.4 Å².